The Kier molecular flexibility index (Phi) is 2.56. The van der Waals surface area contributed by atoms with Crippen LogP contribution in [0.4, 0.5) is 0 Å². The van der Waals surface area contributed by atoms with Crippen LogP contribution in [0.25, 0.3) is 0 Å². The normalized spacial score (nSPS) is 13.0. The Hall–Kier alpha value is -1.26. The van der Waals surface area contributed by atoms with Gasteiger partial charge in [0, 0.05) is 11.1 Å². The summed E-state index contributed by atoms with van der Waals surface area (Å²) in [6.07, 6.45) is 1.92. The van der Waals surface area contributed by atoms with Crippen molar-refractivity contribution in [2.24, 2.45) is 0 Å². The highest BCUT2D eigenvalue weighted by molar-refractivity contribution is 5.50. The molecule has 2 aliphatic carbocycles. The van der Waals surface area contributed by atoms with E-state index in [4.69, 9.17) is 9.78 Å². The molecule has 0 heterocycles. The van der Waals surface area contributed by atoms with E-state index in [9.17, 15) is 0 Å². The van der Waals surface area contributed by atoms with Crippen molar-refractivity contribution < 1.29 is 19.6 Å². The summed E-state index contributed by atoms with van der Waals surface area (Å²) in [6.45, 7) is 0. The molecule has 3 rings (SSSR count). The first-order valence-electron chi connectivity index (χ1n) is 4.42. The summed E-state index contributed by atoms with van der Waals surface area (Å²) in [4.78, 5) is 19.3. The van der Waals surface area contributed by atoms with E-state index in [2.05, 4.69) is 9.78 Å². The summed E-state index contributed by atoms with van der Waals surface area (Å²) in [6, 6.07) is 3.83. The maximum absolute atomic E-state index is 5.01. The fourth-order valence-electron chi connectivity index (χ4n) is 1.64. The molecule has 1 aromatic carbocycles. The number of fused-ring (bicyclic) bond motifs is 3. The minimum absolute atomic E-state index is 0.761. The van der Waals surface area contributed by atoms with Crippen molar-refractivity contribution in [1.29, 1.82) is 0 Å². The van der Waals surface area contributed by atoms with Crippen LogP contribution in [0.15, 0.2) is 12.1 Å². The number of benzene rings is 1. The van der Waals surface area contributed by atoms with E-state index < -0.39 is 0 Å². The molecule has 0 aliphatic heterocycles. The Morgan fingerprint density at radius 1 is 0.857 bits per heavy atom. The van der Waals surface area contributed by atoms with Crippen molar-refractivity contribution in [3.63, 3.8) is 0 Å². The molecule has 0 amide bonds. The Morgan fingerprint density at radius 2 is 1.29 bits per heavy atom. The zero-order valence-electron chi connectivity index (χ0n) is 8.20. The molecule has 0 unspecified atom stereocenters. The molecule has 0 saturated heterocycles. The van der Waals surface area contributed by atoms with Crippen LogP contribution in [-0.2, 0) is 22.6 Å². The van der Waals surface area contributed by atoms with Gasteiger partial charge in [-0.05, 0) is 25.0 Å². The molecule has 1 aromatic rings. The molecule has 2 bridgehead atoms. The van der Waals surface area contributed by atoms with Crippen LogP contribution in [0.1, 0.15) is 11.1 Å². The van der Waals surface area contributed by atoms with Crippen molar-refractivity contribution >= 4 is 0 Å². The third kappa shape index (κ3) is 1.54. The van der Waals surface area contributed by atoms with E-state index in [1.54, 1.807) is 0 Å². The third-order valence-electron chi connectivity index (χ3n) is 2.25. The lowest BCUT2D eigenvalue weighted by Gasteiger charge is -2.19. The van der Waals surface area contributed by atoms with E-state index in [1.807, 2.05) is 12.1 Å². The highest BCUT2D eigenvalue weighted by Crippen LogP contribution is 2.35. The van der Waals surface area contributed by atoms with Gasteiger partial charge in [0.05, 0.1) is 14.2 Å². The van der Waals surface area contributed by atoms with Crippen LogP contribution in [0.2, 0.25) is 0 Å². The van der Waals surface area contributed by atoms with Gasteiger partial charge in [0.25, 0.3) is 0 Å². The lowest BCUT2D eigenvalue weighted by atomic mass is 9.94. The van der Waals surface area contributed by atoms with Gasteiger partial charge in [0.15, 0.2) is 11.5 Å². The monoisotopic (exact) mass is 196 g/mol. The smallest absolute Gasteiger partial charge is 0.169 e. The van der Waals surface area contributed by atoms with Crippen molar-refractivity contribution in [1.82, 2.24) is 0 Å². The van der Waals surface area contributed by atoms with Gasteiger partial charge in [-0.1, -0.05) is 0 Å². The van der Waals surface area contributed by atoms with Crippen molar-refractivity contribution in [2.45, 2.75) is 12.8 Å². The van der Waals surface area contributed by atoms with Gasteiger partial charge in [0.1, 0.15) is 0 Å². The highest BCUT2D eigenvalue weighted by atomic mass is 17.2. The second kappa shape index (κ2) is 3.86. The Balaban J connectivity index is 2.30. The molecule has 0 saturated carbocycles. The molecule has 0 radical (unpaired) electrons. The molecule has 0 aromatic heterocycles. The van der Waals surface area contributed by atoms with Gasteiger partial charge >= 0.3 is 0 Å². The third-order valence-corrected chi connectivity index (χ3v) is 2.25. The summed E-state index contributed by atoms with van der Waals surface area (Å²) in [7, 11) is 2.98. The maximum Gasteiger partial charge on any atom is 0.169 e. The summed E-state index contributed by atoms with van der Waals surface area (Å²) < 4.78 is 0. The van der Waals surface area contributed by atoms with E-state index >= 15 is 0 Å². The van der Waals surface area contributed by atoms with Crippen LogP contribution in [0, 0.1) is 0 Å². The quantitative estimate of drug-likeness (QED) is 0.542. The Labute approximate surface area is 82.2 Å². The predicted octanol–water partition coefficient (Wildman–Crippen LogP) is 1.67. The summed E-state index contributed by atoms with van der Waals surface area (Å²) in [5.74, 6) is 1.52. The minimum atomic E-state index is 0.761. The summed E-state index contributed by atoms with van der Waals surface area (Å²) in [5.41, 5.74) is 2.16. The first-order chi connectivity index (χ1) is 6.85. The van der Waals surface area contributed by atoms with Gasteiger partial charge in [-0.15, -0.1) is 0 Å². The molecule has 0 N–H and O–H groups in total. The fourth-order valence-corrected chi connectivity index (χ4v) is 1.64. The van der Waals surface area contributed by atoms with Crippen LogP contribution in [-0.4, -0.2) is 14.2 Å². The van der Waals surface area contributed by atoms with Gasteiger partial charge in [-0.2, -0.15) is 9.78 Å². The topological polar surface area (TPSA) is 36.9 Å². The molecule has 14 heavy (non-hydrogen) atoms. The van der Waals surface area contributed by atoms with Crippen LogP contribution >= 0.6 is 0 Å². The number of rotatable bonds is 4. The maximum atomic E-state index is 5.01. The van der Waals surface area contributed by atoms with Gasteiger partial charge in [-0.3, -0.25) is 0 Å². The molecule has 0 atom stereocenters. The second-order valence-corrected chi connectivity index (χ2v) is 3.07. The van der Waals surface area contributed by atoms with Gasteiger partial charge in [-0.25, -0.2) is 0 Å². The molecule has 0 fully saturated rings. The van der Waals surface area contributed by atoms with Gasteiger partial charge < -0.3 is 9.78 Å². The number of aryl methyl sites for hydroxylation is 2. The molecular weight excluding hydrogens is 184 g/mol. The van der Waals surface area contributed by atoms with Crippen molar-refractivity contribution in [3.8, 4) is 11.5 Å². The fraction of sp³-hybridized carbons (Fsp3) is 0.400. The summed E-state index contributed by atoms with van der Waals surface area (Å²) in [5, 5.41) is 0. The molecule has 4 nitrogen and oxygen atoms in total. The minimum Gasteiger partial charge on any atom is -0.338 e. The second-order valence-electron chi connectivity index (χ2n) is 3.07. The highest BCUT2D eigenvalue weighted by Gasteiger charge is 2.19. The van der Waals surface area contributed by atoms with Crippen LogP contribution < -0.4 is 9.78 Å². The van der Waals surface area contributed by atoms with E-state index in [1.165, 1.54) is 14.2 Å². The van der Waals surface area contributed by atoms with Crippen molar-refractivity contribution in [2.75, 3.05) is 14.2 Å². The zero-order chi connectivity index (χ0) is 9.97. The largest absolute Gasteiger partial charge is 0.338 e. The first kappa shape index (κ1) is 9.30. The molecule has 4 heteroatoms. The molecule has 76 valence electrons. The SMILES string of the molecule is COOc1cc2c(OOC)cc1CC2. The Bertz CT molecular complexity index is 301. The number of hydrogen-bond donors (Lipinski definition) is 0. The number of hydrogen-bond acceptors (Lipinski definition) is 4. The van der Waals surface area contributed by atoms with Gasteiger partial charge in [0.2, 0.25) is 0 Å². The standard InChI is InChI=1S/C10H12O4/c1-11-13-9-5-8-4-3-7(9)6-10(8)14-12-2/h5-6H,3-4H2,1-2H3. The molecule has 0 spiro atoms. The molecular formula is C10H12O4. The lowest BCUT2D eigenvalue weighted by Crippen LogP contribution is -2.08. The molecule has 2 aliphatic rings. The average Bonchev–Trinajstić information content (AvgIpc) is 2.21. The predicted molar refractivity (Wildman–Crippen MR) is 49.1 cm³/mol. The van der Waals surface area contributed by atoms with Crippen LogP contribution in [0.3, 0.4) is 0 Å². The Morgan fingerprint density at radius 3 is 1.57 bits per heavy atom. The lowest BCUT2D eigenvalue weighted by molar-refractivity contribution is -0.182. The van der Waals surface area contributed by atoms with Crippen molar-refractivity contribution in [3.05, 3.63) is 23.3 Å². The zero-order valence-corrected chi connectivity index (χ0v) is 8.20. The average molecular weight is 196 g/mol. The van der Waals surface area contributed by atoms with Crippen LogP contribution in [0.5, 0.6) is 11.5 Å². The van der Waals surface area contributed by atoms with E-state index in [-0.39, 0.29) is 0 Å². The summed E-state index contributed by atoms with van der Waals surface area (Å²) >= 11 is 0. The van der Waals surface area contributed by atoms with E-state index in [0.717, 1.165) is 35.5 Å². The first-order valence-corrected chi connectivity index (χ1v) is 4.42. The van der Waals surface area contributed by atoms with E-state index in [0.29, 0.717) is 0 Å².